The third kappa shape index (κ3) is 3.94. The number of rotatable bonds is 6. The van der Waals surface area contributed by atoms with Crippen LogP contribution in [0, 0.1) is 6.92 Å². The maximum absolute atomic E-state index is 11.5. The molecule has 5 nitrogen and oxygen atoms in total. The summed E-state index contributed by atoms with van der Waals surface area (Å²) in [5, 5.41) is 5.92. The van der Waals surface area contributed by atoms with Crippen molar-refractivity contribution in [1.29, 1.82) is 0 Å². The van der Waals surface area contributed by atoms with Gasteiger partial charge in [0, 0.05) is 32.5 Å². The molecule has 1 aromatic carbocycles. The predicted molar refractivity (Wildman–Crippen MR) is 75.5 cm³/mol. The van der Waals surface area contributed by atoms with Crippen LogP contribution in [0.2, 0.25) is 0 Å². The molecule has 19 heavy (non-hydrogen) atoms. The summed E-state index contributed by atoms with van der Waals surface area (Å²) < 4.78 is 10.4. The quantitative estimate of drug-likeness (QED) is 0.770. The summed E-state index contributed by atoms with van der Waals surface area (Å²) in [7, 11) is 4.83. The van der Waals surface area contributed by atoms with Crippen LogP contribution in [-0.2, 0) is 9.47 Å². The molecule has 5 heteroatoms. The number of benzene rings is 1. The highest BCUT2D eigenvalue weighted by molar-refractivity contribution is 5.94. The van der Waals surface area contributed by atoms with Crippen molar-refractivity contribution in [3.63, 3.8) is 0 Å². The number of hydrogen-bond acceptors (Lipinski definition) is 4. The fourth-order valence-electron chi connectivity index (χ4n) is 1.93. The highest BCUT2D eigenvalue weighted by Crippen LogP contribution is 2.18. The summed E-state index contributed by atoms with van der Waals surface area (Å²) in [4.78, 5) is 11.5. The van der Waals surface area contributed by atoms with Crippen molar-refractivity contribution in [3.8, 4) is 0 Å². The topological polar surface area (TPSA) is 59.6 Å². The van der Waals surface area contributed by atoms with Crippen molar-refractivity contribution in [2.75, 3.05) is 26.6 Å². The first-order valence-electron chi connectivity index (χ1n) is 6.18. The number of ether oxygens (including phenoxy) is 2. The maximum atomic E-state index is 11.5. The highest BCUT2D eigenvalue weighted by Gasteiger charge is 2.16. The number of hydrogen-bond donors (Lipinski definition) is 2. The van der Waals surface area contributed by atoms with Crippen molar-refractivity contribution >= 4 is 11.6 Å². The molecule has 1 rings (SSSR count). The third-order valence-electron chi connectivity index (χ3n) is 2.97. The van der Waals surface area contributed by atoms with E-state index in [1.165, 1.54) is 0 Å². The second-order valence-corrected chi connectivity index (χ2v) is 4.38. The van der Waals surface area contributed by atoms with Gasteiger partial charge in [0.05, 0.1) is 6.04 Å². The van der Waals surface area contributed by atoms with Gasteiger partial charge in [0.15, 0.2) is 6.29 Å². The number of carbonyl (C=O) groups is 1. The molecule has 0 aromatic heterocycles. The number of anilines is 1. The Morgan fingerprint density at radius 3 is 2.37 bits per heavy atom. The Balaban J connectivity index is 2.83. The van der Waals surface area contributed by atoms with E-state index in [9.17, 15) is 4.79 Å². The molecule has 1 amide bonds. The first-order valence-corrected chi connectivity index (χ1v) is 6.18. The minimum Gasteiger partial charge on any atom is -0.377 e. The van der Waals surface area contributed by atoms with Gasteiger partial charge in [-0.25, -0.2) is 0 Å². The van der Waals surface area contributed by atoms with Gasteiger partial charge in [0.1, 0.15) is 0 Å². The predicted octanol–water partition coefficient (Wildman–Crippen LogP) is 1.77. The van der Waals surface area contributed by atoms with E-state index in [-0.39, 0.29) is 18.2 Å². The van der Waals surface area contributed by atoms with E-state index in [0.29, 0.717) is 5.56 Å². The molecule has 0 saturated carbocycles. The zero-order valence-electron chi connectivity index (χ0n) is 12.1. The summed E-state index contributed by atoms with van der Waals surface area (Å²) in [6.07, 6.45) is -0.321. The highest BCUT2D eigenvalue weighted by atomic mass is 16.7. The first-order chi connectivity index (χ1) is 9.03. The lowest BCUT2D eigenvalue weighted by atomic mass is 10.1. The number of amides is 1. The third-order valence-corrected chi connectivity index (χ3v) is 2.97. The molecule has 0 aliphatic rings. The van der Waals surface area contributed by atoms with E-state index in [4.69, 9.17) is 9.47 Å². The molecule has 0 heterocycles. The van der Waals surface area contributed by atoms with Crippen LogP contribution in [0.4, 0.5) is 5.69 Å². The second-order valence-electron chi connectivity index (χ2n) is 4.38. The van der Waals surface area contributed by atoms with E-state index in [0.717, 1.165) is 11.3 Å². The summed E-state index contributed by atoms with van der Waals surface area (Å²) in [5.41, 5.74) is 2.60. The zero-order chi connectivity index (χ0) is 14.4. The van der Waals surface area contributed by atoms with E-state index in [2.05, 4.69) is 10.6 Å². The van der Waals surface area contributed by atoms with Gasteiger partial charge in [-0.05, 0) is 37.6 Å². The molecule has 1 unspecified atom stereocenters. The van der Waals surface area contributed by atoms with Crippen molar-refractivity contribution < 1.29 is 14.3 Å². The lowest BCUT2D eigenvalue weighted by Crippen LogP contribution is -2.34. The van der Waals surface area contributed by atoms with Gasteiger partial charge in [-0.3, -0.25) is 4.79 Å². The average Bonchev–Trinajstić information content (AvgIpc) is 2.41. The standard InChI is InChI=1S/C14H22N2O3/c1-9-8-11(13(17)15-3)6-7-12(9)16-10(2)14(18-4)19-5/h6-8,10,14,16H,1-5H3,(H,15,17). The van der Waals surface area contributed by atoms with Gasteiger partial charge >= 0.3 is 0 Å². The number of carbonyl (C=O) groups excluding carboxylic acids is 1. The van der Waals surface area contributed by atoms with Crippen LogP contribution >= 0.6 is 0 Å². The summed E-state index contributed by atoms with van der Waals surface area (Å²) in [6, 6.07) is 5.52. The Kier molecular flexibility index (Phi) is 5.79. The fraction of sp³-hybridized carbons (Fsp3) is 0.500. The molecule has 2 N–H and O–H groups in total. The number of aryl methyl sites for hydroxylation is 1. The lowest BCUT2D eigenvalue weighted by Gasteiger charge is -2.24. The molecule has 0 aliphatic heterocycles. The van der Waals surface area contributed by atoms with Crippen molar-refractivity contribution in [2.45, 2.75) is 26.2 Å². The average molecular weight is 266 g/mol. The number of methoxy groups -OCH3 is 2. The Morgan fingerprint density at radius 2 is 1.89 bits per heavy atom. The van der Waals surface area contributed by atoms with Gasteiger partial charge in [0.25, 0.3) is 5.91 Å². The number of nitrogens with one attached hydrogen (secondary N) is 2. The molecular weight excluding hydrogens is 244 g/mol. The van der Waals surface area contributed by atoms with Crippen LogP contribution in [0.25, 0.3) is 0 Å². The summed E-state index contributed by atoms with van der Waals surface area (Å²) in [6.45, 7) is 3.93. The zero-order valence-corrected chi connectivity index (χ0v) is 12.1. The molecule has 0 spiro atoms. The lowest BCUT2D eigenvalue weighted by molar-refractivity contribution is -0.109. The largest absolute Gasteiger partial charge is 0.377 e. The molecule has 0 saturated heterocycles. The fourth-order valence-corrected chi connectivity index (χ4v) is 1.93. The minimum atomic E-state index is -0.321. The Bertz CT molecular complexity index is 431. The molecule has 0 bridgehead atoms. The molecule has 0 aliphatic carbocycles. The summed E-state index contributed by atoms with van der Waals surface area (Å²) >= 11 is 0. The smallest absolute Gasteiger partial charge is 0.251 e. The van der Waals surface area contributed by atoms with Crippen molar-refractivity contribution in [3.05, 3.63) is 29.3 Å². The molecule has 106 valence electrons. The Hall–Kier alpha value is -1.59. The first kappa shape index (κ1) is 15.5. The van der Waals surface area contributed by atoms with Crippen LogP contribution < -0.4 is 10.6 Å². The molecule has 1 atom stereocenters. The monoisotopic (exact) mass is 266 g/mol. The minimum absolute atomic E-state index is 0.000415. The molecule has 1 aromatic rings. The van der Waals surface area contributed by atoms with Crippen LogP contribution in [0.5, 0.6) is 0 Å². The van der Waals surface area contributed by atoms with Gasteiger partial charge < -0.3 is 20.1 Å². The SMILES string of the molecule is CNC(=O)c1ccc(NC(C)C(OC)OC)c(C)c1. The summed E-state index contributed by atoms with van der Waals surface area (Å²) in [5.74, 6) is -0.0886. The van der Waals surface area contributed by atoms with E-state index in [1.54, 1.807) is 27.3 Å². The maximum Gasteiger partial charge on any atom is 0.251 e. The normalized spacial score (nSPS) is 12.3. The van der Waals surface area contributed by atoms with Crippen molar-refractivity contribution in [1.82, 2.24) is 5.32 Å². The molecule has 0 radical (unpaired) electrons. The van der Waals surface area contributed by atoms with Gasteiger partial charge in [-0.15, -0.1) is 0 Å². The van der Waals surface area contributed by atoms with Gasteiger partial charge in [0.2, 0.25) is 0 Å². The van der Waals surface area contributed by atoms with E-state index < -0.39 is 0 Å². The van der Waals surface area contributed by atoms with Crippen LogP contribution in [0.15, 0.2) is 18.2 Å². The Labute approximate surface area is 114 Å². The van der Waals surface area contributed by atoms with Gasteiger partial charge in [-0.1, -0.05) is 0 Å². The van der Waals surface area contributed by atoms with Crippen molar-refractivity contribution in [2.24, 2.45) is 0 Å². The van der Waals surface area contributed by atoms with Gasteiger partial charge in [-0.2, -0.15) is 0 Å². The van der Waals surface area contributed by atoms with Crippen LogP contribution in [-0.4, -0.2) is 39.5 Å². The van der Waals surface area contributed by atoms with E-state index >= 15 is 0 Å². The van der Waals surface area contributed by atoms with Crippen LogP contribution in [0.1, 0.15) is 22.8 Å². The Morgan fingerprint density at radius 1 is 1.26 bits per heavy atom. The van der Waals surface area contributed by atoms with E-state index in [1.807, 2.05) is 26.0 Å². The van der Waals surface area contributed by atoms with Crippen LogP contribution in [0.3, 0.4) is 0 Å². The molecule has 0 fully saturated rings. The molecular formula is C14H22N2O3. The second kappa shape index (κ2) is 7.11.